The molecule has 4 rings (SSSR count). The lowest BCUT2D eigenvalue weighted by molar-refractivity contribution is -0.497. The number of amides is 4. The summed E-state index contributed by atoms with van der Waals surface area (Å²) in [6, 6.07) is 2.20. The van der Waals surface area contributed by atoms with Crippen molar-refractivity contribution in [3.8, 4) is 43.1 Å². The second kappa shape index (κ2) is 34.0. The molecule has 4 aliphatic rings. The minimum absolute atomic E-state index is 0.0174. The van der Waals surface area contributed by atoms with E-state index in [9.17, 15) is 19.2 Å². The molecule has 1 aliphatic heterocycles. The number of fused-ring (bicyclic) bond motifs is 2. The van der Waals surface area contributed by atoms with Crippen LogP contribution in [-0.2, 0) is 52.4 Å². The molecule has 68 heavy (non-hydrogen) atoms. The summed E-state index contributed by atoms with van der Waals surface area (Å²) in [6.45, 7) is 12.7. The highest BCUT2D eigenvalue weighted by Gasteiger charge is 2.68. The number of carbonyl (C=O) groups excluding carboxylic acids is 4. The van der Waals surface area contributed by atoms with Gasteiger partial charge in [0.1, 0.15) is 25.4 Å². The van der Waals surface area contributed by atoms with Gasteiger partial charge in [-0.15, -0.1) is 24.4 Å². The molecule has 4 fully saturated rings. The Balaban J connectivity index is 0.00000300. The molecule has 19 heteroatoms. The maximum absolute atomic E-state index is 15.0. The molecule has 2 bridgehead atoms. The van der Waals surface area contributed by atoms with Gasteiger partial charge in [-0.25, -0.2) is 5.01 Å². The summed E-state index contributed by atoms with van der Waals surface area (Å²) in [5.41, 5.74) is -2.05. The zero-order valence-corrected chi connectivity index (χ0v) is 41.0. The molecule has 0 radical (unpaired) electrons. The Morgan fingerprint density at radius 2 is 1.09 bits per heavy atom. The van der Waals surface area contributed by atoms with E-state index in [1.807, 2.05) is 5.17 Å². The number of terminal acetylenes is 3. The van der Waals surface area contributed by atoms with Crippen molar-refractivity contribution < 1.29 is 57.5 Å². The Hall–Kier alpha value is -4.35. The highest BCUT2D eigenvalue weighted by molar-refractivity contribution is 5.85. The van der Waals surface area contributed by atoms with E-state index in [2.05, 4.69) is 71.7 Å². The molecule has 3 aliphatic carbocycles. The van der Waals surface area contributed by atoms with Gasteiger partial charge >= 0.3 is 0 Å². The molecular weight excluding hydrogens is 879 g/mol. The van der Waals surface area contributed by atoms with Crippen LogP contribution in [0.5, 0.6) is 0 Å². The number of ether oxygens (including phenoxy) is 6. The molecule has 4 amide bonds. The van der Waals surface area contributed by atoms with Gasteiger partial charge in [0.25, 0.3) is 0 Å². The molecule has 5 N–H and O–H groups in total. The fourth-order valence-corrected chi connectivity index (χ4v) is 8.61. The van der Waals surface area contributed by atoms with E-state index in [0.717, 1.165) is 12.8 Å². The molecule has 1 saturated heterocycles. The van der Waals surface area contributed by atoms with Gasteiger partial charge in [-0.05, 0) is 79.1 Å². The number of nitrogens with zero attached hydrogens (tertiary/aromatic N) is 3. The quantitative estimate of drug-likeness (QED) is 0.0445. The topological polar surface area (TPSA) is 232 Å². The smallest absolute Gasteiger partial charge is 0.226 e. The summed E-state index contributed by atoms with van der Waals surface area (Å²) in [5, 5.41) is 31.8. The highest BCUT2D eigenvalue weighted by atomic mass is 16.8. The maximum Gasteiger partial charge on any atom is 0.226 e. The average Bonchev–Trinajstić information content (AvgIpc) is 3.31. The molecule has 0 aromatic carbocycles. The van der Waals surface area contributed by atoms with Crippen LogP contribution in [0.3, 0.4) is 0 Å². The molecule has 19 nitrogen and oxygen atoms in total. The van der Waals surface area contributed by atoms with Crippen molar-refractivity contribution in [2.45, 2.75) is 134 Å². The fourth-order valence-electron chi connectivity index (χ4n) is 8.61. The maximum atomic E-state index is 15.0. The zero-order valence-electron chi connectivity index (χ0n) is 41.0. The van der Waals surface area contributed by atoms with Crippen LogP contribution >= 0.6 is 0 Å². The minimum atomic E-state index is -1.08. The van der Waals surface area contributed by atoms with E-state index in [4.69, 9.17) is 62.9 Å². The van der Waals surface area contributed by atoms with Crippen molar-refractivity contribution in [3.63, 3.8) is 0 Å². The van der Waals surface area contributed by atoms with Gasteiger partial charge in [-0.2, -0.15) is 5.26 Å². The van der Waals surface area contributed by atoms with Gasteiger partial charge in [-0.1, -0.05) is 17.8 Å². The number of hydrazine groups is 1. The minimum Gasteiger partial charge on any atom is -0.395 e. The summed E-state index contributed by atoms with van der Waals surface area (Å²) in [4.78, 5) is 61.6. The first-order valence-electron chi connectivity index (χ1n) is 23.9. The number of hydrogen-bond donors (Lipinski definition) is 5. The SMILES string of the molecule is C#CCOCCOCCNC(=O)CCC(CCC(=O)NCCOCCOCC#C)(CCC(=O)NCCOCCOCC#C)NC(=O)C12CCC3(CC1)ON(N(C(C)C)C(C)C)C3C2.N#CCCO. The van der Waals surface area contributed by atoms with Crippen molar-refractivity contribution in [1.82, 2.24) is 31.4 Å². The third kappa shape index (κ3) is 21.5. The van der Waals surface area contributed by atoms with Crippen LogP contribution in [0.1, 0.15) is 105 Å². The number of aliphatic hydroxyl groups excluding tert-OH is 1. The molecule has 3 saturated carbocycles. The highest BCUT2D eigenvalue weighted by Crippen LogP contribution is 2.61. The lowest BCUT2D eigenvalue weighted by atomic mass is 9.54. The Kier molecular flexibility index (Phi) is 29.9. The van der Waals surface area contributed by atoms with Crippen molar-refractivity contribution in [3.05, 3.63) is 0 Å². The number of nitrogens with one attached hydrogen (secondary N) is 4. The lowest BCUT2D eigenvalue weighted by Crippen LogP contribution is -2.79. The van der Waals surface area contributed by atoms with E-state index < -0.39 is 11.0 Å². The largest absolute Gasteiger partial charge is 0.395 e. The third-order valence-corrected chi connectivity index (χ3v) is 12.0. The molecule has 0 aromatic rings. The third-order valence-electron chi connectivity index (χ3n) is 12.0. The van der Waals surface area contributed by atoms with Crippen LogP contribution < -0.4 is 21.3 Å². The van der Waals surface area contributed by atoms with Gasteiger partial charge in [0.15, 0.2) is 0 Å². The summed E-state index contributed by atoms with van der Waals surface area (Å²) in [5.74, 6) is 6.34. The molecule has 1 atom stereocenters. The predicted molar refractivity (Wildman–Crippen MR) is 253 cm³/mol. The summed E-state index contributed by atoms with van der Waals surface area (Å²) < 4.78 is 32.3. The second-order valence-corrected chi connectivity index (χ2v) is 17.5. The molecule has 382 valence electrons. The van der Waals surface area contributed by atoms with Crippen LogP contribution in [0.15, 0.2) is 0 Å². The van der Waals surface area contributed by atoms with Gasteiger partial charge in [0, 0.05) is 56.5 Å². The molecule has 0 aromatic heterocycles. The predicted octanol–water partition coefficient (Wildman–Crippen LogP) is 1.77. The number of aliphatic hydroxyl groups is 1. The monoisotopic (exact) mass is 958 g/mol. The van der Waals surface area contributed by atoms with E-state index in [1.165, 1.54) is 0 Å². The number of carbonyl (C=O) groups is 4. The Morgan fingerprint density at radius 3 is 1.43 bits per heavy atom. The van der Waals surface area contributed by atoms with Crippen LogP contribution in [-0.4, -0.2) is 174 Å². The van der Waals surface area contributed by atoms with Crippen molar-refractivity contribution in [2.75, 3.05) is 106 Å². The molecule has 1 spiro atoms. The van der Waals surface area contributed by atoms with Crippen molar-refractivity contribution >= 4 is 23.6 Å². The van der Waals surface area contributed by atoms with E-state index in [-0.39, 0.29) is 158 Å². The standard InChI is InChI=1S/C46H74N6O11.C3H5NO/c1-8-24-57-30-33-60-27-21-47-40(53)11-14-45(15-12-41(54)48-22-28-61-34-31-58-25-9-2,16-13-42(55)49-23-29-62-35-32-59-26-10-3)50-43(56)44-17-19-46(20-18-44)39(36-44)52(63-46)51(37(4)5)38(6)7;4-2-1-3-5/h1-3,37-39H,11-36H2,4-7H3,(H,47,53)(H,48,54)(H,49,55)(H,50,56);5H,1,3H2. The first-order chi connectivity index (χ1) is 32.8. The average molecular weight is 958 g/mol. The number of nitriles is 1. The molecule has 1 heterocycles. The Labute approximate surface area is 405 Å². The van der Waals surface area contributed by atoms with Gasteiger partial charge < -0.3 is 54.8 Å². The lowest BCUT2D eigenvalue weighted by Gasteiger charge is -2.68. The van der Waals surface area contributed by atoms with Crippen molar-refractivity contribution in [1.29, 1.82) is 5.26 Å². The van der Waals surface area contributed by atoms with E-state index in [0.29, 0.717) is 58.9 Å². The Bertz CT molecular complexity index is 1540. The number of rotatable bonds is 36. The second-order valence-electron chi connectivity index (χ2n) is 17.5. The zero-order chi connectivity index (χ0) is 50.1. The fraction of sp³-hybridized carbons (Fsp3) is 0.776. The van der Waals surface area contributed by atoms with E-state index >= 15 is 0 Å². The summed E-state index contributed by atoms with van der Waals surface area (Å²) in [7, 11) is 0. The number of hydroxylamine groups is 1. The Morgan fingerprint density at radius 1 is 0.691 bits per heavy atom. The van der Waals surface area contributed by atoms with Crippen LogP contribution in [0.2, 0.25) is 0 Å². The summed E-state index contributed by atoms with van der Waals surface area (Å²) >= 11 is 0. The summed E-state index contributed by atoms with van der Waals surface area (Å²) in [6.07, 6.45) is 20.0. The van der Waals surface area contributed by atoms with Gasteiger partial charge in [0.2, 0.25) is 23.6 Å². The van der Waals surface area contributed by atoms with Crippen LogP contribution in [0, 0.1) is 53.8 Å². The first-order valence-corrected chi connectivity index (χ1v) is 23.9. The van der Waals surface area contributed by atoms with Crippen LogP contribution in [0.4, 0.5) is 0 Å². The molecular formula is C49H79N7O12. The van der Waals surface area contributed by atoms with E-state index in [1.54, 1.807) is 6.07 Å². The number of hydrogen-bond acceptors (Lipinski definition) is 15. The first kappa shape index (κ1) is 59.8. The van der Waals surface area contributed by atoms with Crippen LogP contribution in [0.25, 0.3) is 0 Å². The van der Waals surface area contributed by atoms with Crippen molar-refractivity contribution in [2.24, 2.45) is 5.41 Å². The van der Waals surface area contributed by atoms with Gasteiger partial charge in [-0.3, -0.25) is 24.0 Å². The normalized spacial score (nSPS) is 19.3. The van der Waals surface area contributed by atoms with Gasteiger partial charge in [0.05, 0.1) is 90.0 Å². The molecule has 1 unspecified atom stereocenters.